The van der Waals surface area contributed by atoms with Crippen molar-refractivity contribution in [2.45, 2.75) is 33.2 Å². The Morgan fingerprint density at radius 1 is 1.03 bits per heavy atom. The molecular formula is C25H27N3O2. The number of carbonyl (C=O) groups excluding carboxylic acids is 2. The number of benzene rings is 2. The molecule has 2 heterocycles. The molecule has 0 unspecified atom stereocenters. The molecule has 0 bridgehead atoms. The SMILES string of the molecule is CCn1cc(/C=C(\NC(=O)c2ccc(C)cc2)C(=O)N2CCCC2)c2ccccc21. The molecule has 0 aliphatic carbocycles. The molecule has 154 valence electrons. The first-order valence-corrected chi connectivity index (χ1v) is 10.5. The largest absolute Gasteiger partial charge is 0.347 e. The van der Waals surface area contributed by atoms with E-state index in [1.807, 2.05) is 54.4 Å². The van der Waals surface area contributed by atoms with Crippen molar-refractivity contribution in [3.8, 4) is 0 Å². The standard InChI is InChI=1S/C25H27N3O2/c1-3-27-17-20(21-8-4-5-9-23(21)27)16-22(25(30)28-14-6-7-15-28)26-24(29)19-12-10-18(2)11-13-19/h4-5,8-13,16-17H,3,6-7,14-15H2,1-2H3,(H,26,29)/b22-16-. The quantitative estimate of drug-likeness (QED) is 0.646. The predicted octanol–water partition coefficient (Wildman–Crippen LogP) is 4.36. The third kappa shape index (κ3) is 4.01. The minimum atomic E-state index is -0.270. The summed E-state index contributed by atoms with van der Waals surface area (Å²) >= 11 is 0. The first kappa shape index (κ1) is 20.0. The fraction of sp³-hybridized carbons (Fsp3) is 0.280. The van der Waals surface area contributed by atoms with Crippen molar-refractivity contribution in [2.24, 2.45) is 0 Å². The highest BCUT2D eigenvalue weighted by atomic mass is 16.2. The van der Waals surface area contributed by atoms with E-state index in [0.717, 1.165) is 54.5 Å². The van der Waals surface area contributed by atoms with Crippen molar-refractivity contribution < 1.29 is 9.59 Å². The van der Waals surface area contributed by atoms with Crippen LogP contribution in [0.1, 0.15) is 41.3 Å². The average Bonchev–Trinajstić information content (AvgIpc) is 3.42. The van der Waals surface area contributed by atoms with Crippen LogP contribution >= 0.6 is 0 Å². The number of nitrogens with one attached hydrogen (secondary N) is 1. The average molecular weight is 402 g/mol. The molecule has 1 saturated heterocycles. The van der Waals surface area contributed by atoms with Crippen LogP contribution in [-0.4, -0.2) is 34.4 Å². The maximum absolute atomic E-state index is 13.2. The first-order chi connectivity index (χ1) is 14.6. The zero-order valence-corrected chi connectivity index (χ0v) is 17.5. The van der Waals surface area contributed by atoms with E-state index < -0.39 is 0 Å². The molecule has 5 heteroatoms. The molecule has 0 atom stereocenters. The van der Waals surface area contributed by atoms with Gasteiger partial charge in [0.05, 0.1) is 0 Å². The molecule has 2 amide bonds. The van der Waals surface area contributed by atoms with E-state index in [4.69, 9.17) is 0 Å². The predicted molar refractivity (Wildman–Crippen MR) is 120 cm³/mol. The van der Waals surface area contributed by atoms with E-state index in [1.165, 1.54) is 0 Å². The van der Waals surface area contributed by atoms with Crippen LogP contribution in [0, 0.1) is 6.92 Å². The topological polar surface area (TPSA) is 54.3 Å². The van der Waals surface area contributed by atoms with Crippen LogP contribution in [0.15, 0.2) is 60.4 Å². The number of aromatic nitrogens is 1. The summed E-state index contributed by atoms with van der Waals surface area (Å²) in [4.78, 5) is 27.9. The van der Waals surface area contributed by atoms with E-state index in [9.17, 15) is 9.59 Å². The lowest BCUT2D eigenvalue weighted by atomic mass is 10.1. The van der Waals surface area contributed by atoms with E-state index in [2.05, 4.69) is 22.9 Å². The third-order valence-corrected chi connectivity index (χ3v) is 5.65. The number of hydrogen-bond acceptors (Lipinski definition) is 2. The zero-order chi connectivity index (χ0) is 21.1. The Labute approximate surface area is 177 Å². The van der Waals surface area contributed by atoms with E-state index in [0.29, 0.717) is 11.3 Å². The summed E-state index contributed by atoms with van der Waals surface area (Å²) in [7, 11) is 0. The Bertz CT molecular complexity index is 1100. The Kier molecular flexibility index (Phi) is 5.70. The highest BCUT2D eigenvalue weighted by molar-refractivity contribution is 6.06. The first-order valence-electron chi connectivity index (χ1n) is 10.5. The molecule has 1 aliphatic heterocycles. The molecule has 1 N–H and O–H groups in total. The fourth-order valence-corrected chi connectivity index (χ4v) is 3.95. The van der Waals surface area contributed by atoms with Crippen molar-refractivity contribution in [3.05, 3.63) is 77.1 Å². The van der Waals surface area contributed by atoms with Crippen molar-refractivity contribution in [3.63, 3.8) is 0 Å². The number of rotatable bonds is 5. The van der Waals surface area contributed by atoms with Gasteiger partial charge in [0.25, 0.3) is 11.8 Å². The van der Waals surface area contributed by atoms with Crippen LogP contribution < -0.4 is 5.32 Å². The molecule has 2 aromatic carbocycles. The molecule has 0 radical (unpaired) electrons. The Balaban J connectivity index is 1.72. The number of hydrogen-bond donors (Lipinski definition) is 1. The smallest absolute Gasteiger partial charge is 0.270 e. The number of likely N-dealkylation sites (tertiary alicyclic amines) is 1. The molecule has 1 aromatic heterocycles. The van der Waals surface area contributed by atoms with Gasteiger partial charge in [-0.15, -0.1) is 0 Å². The highest BCUT2D eigenvalue weighted by Crippen LogP contribution is 2.24. The Morgan fingerprint density at radius 2 is 1.73 bits per heavy atom. The summed E-state index contributed by atoms with van der Waals surface area (Å²) in [5, 5.41) is 3.96. The Hall–Kier alpha value is -3.34. The third-order valence-electron chi connectivity index (χ3n) is 5.65. The summed E-state index contributed by atoms with van der Waals surface area (Å²) in [5.74, 6) is -0.394. The molecule has 1 fully saturated rings. The summed E-state index contributed by atoms with van der Waals surface area (Å²) in [6.45, 7) is 6.36. The number of fused-ring (bicyclic) bond motifs is 1. The lowest BCUT2D eigenvalue weighted by Crippen LogP contribution is -2.36. The van der Waals surface area contributed by atoms with Gasteiger partial charge in [-0.25, -0.2) is 0 Å². The van der Waals surface area contributed by atoms with Gasteiger partial charge in [-0.3, -0.25) is 9.59 Å². The number of aryl methyl sites for hydroxylation is 2. The Morgan fingerprint density at radius 3 is 2.43 bits per heavy atom. The normalized spacial score (nSPS) is 14.3. The molecule has 1 aliphatic rings. The van der Waals surface area contributed by atoms with Crippen LogP contribution in [0.4, 0.5) is 0 Å². The lowest BCUT2D eigenvalue weighted by molar-refractivity contribution is -0.126. The summed E-state index contributed by atoms with van der Waals surface area (Å²) in [5.41, 5.74) is 3.99. The number of amides is 2. The molecular weight excluding hydrogens is 374 g/mol. The monoisotopic (exact) mass is 401 g/mol. The van der Waals surface area contributed by atoms with Crippen LogP contribution in [0.5, 0.6) is 0 Å². The zero-order valence-electron chi connectivity index (χ0n) is 17.5. The van der Waals surface area contributed by atoms with Crippen LogP contribution in [0.3, 0.4) is 0 Å². The second-order valence-corrected chi connectivity index (χ2v) is 7.77. The maximum atomic E-state index is 13.2. The summed E-state index contributed by atoms with van der Waals surface area (Å²) < 4.78 is 2.15. The van der Waals surface area contributed by atoms with Gasteiger partial charge in [0.1, 0.15) is 5.70 Å². The van der Waals surface area contributed by atoms with E-state index in [-0.39, 0.29) is 11.8 Å². The van der Waals surface area contributed by atoms with Crippen molar-refractivity contribution in [2.75, 3.05) is 13.1 Å². The van der Waals surface area contributed by atoms with Gasteiger partial charge in [-0.2, -0.15) is 0 Å². The van der Waals surface area contributed by atoms with Gasteiger partial charge in [-0.1, -0.05) is 35.9 Å². The molecule has 30 heavy (non-hydrogen) atoms. The summed E-state index contributed by atoms with van der Waals surface area (Å²) in [6, 6.07) is 15.5. The minimum Gasteiger partial charge on any atom is -0.347 e. The second-order valence-electron chi connectivity index (χ2n) is 7.77. The number of nitrogens with zero attached hydrogens (tertiary/aromatic N) is 2. The molecule has 3 aromatic rings. The van der Waals surface area contributed by atoms with Crippen molar-refractivity contribution in [1.29, 1.82) is 0 Å². The molecule has 5 nitrogen and oxygen atoms in total. The molecule has 0 saturated carbocycles. The van der Waals surface area contributed by atoms with Crippen molar-refractivity contribution in [1.82, 2.24) is 14.8 Å². The summed E-state index contributed by atoms with van der Waals surface area (Å²) in [6.07, 6.45) is 5.86. The van der Waals surface area contributed by atoms with Crippen LogP contribution in [0.2, 0.25) is 0 Å². The van der Waals surface area contributed by atoms with Crippen LogP contribution in [0.25, 0.3) is 17.0 Å². The van der Waals surface area contributed by atoms with Gasteiger partial charge in [-0.05, 0) is 51.0 Å². The van der Waals surface area contributed by atoms with Gasteiger partial charge in [0.15, 0.2) is 0 Å². The lowest BCUT2D eigenvalue weighted by Gasteiger charge is -2.18. The van der Waals surface area contributed by atoms with E-state index >= 15 is 0 Å². The molecule has 4 rings (SSSR count). The second kappa shape index (κ2) is 8.57. The molecule has 0 spiro atoms. The van der Waals surface area contributed by atoms with Gasteiger partial charge < -0.3 is 14.8 Å². The minimum absolute atomic E-state index is 0.124. The van der Waals surface area contributed by atoms with Crippen molar-refractivity contribution >= 4 is 28.8 Å². The van der Waals surface area contributed by atoms with Gasteiger partial charge >= 0.3 is 0 Å². The van der Waals surface area contributed by atoms with Gasteiger partial charge in [0, 0.05) is 47.9 Å². The van der Waals surface area contributed by atoms with Crippen LogP contribution in [-0.2, 0) is 11.3 Å². The van der Waals surface area contributed by atoms with Gasteiger partial charge in [0.2, 0.25) is 0 Å². The number of para-hydroxylation sites is 1. The highest BCUT2D eigenvalue weighted by Gasteiger charge is 2.24. The number of carbonyl (C=O) groups is 2. The van der Waals surface area contributed by atoms with E-state index in [1.54, 1.807) is 12.1 Å². The fourth-order valence-electron chi connectivity index (χ4n) is 3.95. The maximum Gasteiger partial charge on any atom is 0.270 e.